The second-order valence-electron chi connectivity index (χ2n) is 6.11. The third kappa shape index (κ3) is 3.76. The van der Waals surface area contributed by atoms with Gasteiger partial charge in [-0.05, 0) is 25.2 Å². The summed E-state index contributed by atoms with van der Waals surface area (Å²) in [6.45, 7) is 8.65. The van der Waals surface area contributed by atoms with E-state index in [9.17, 15) is 0 Å². The van der Waals surface area contributed by atoms with E-state index in [-0.39, 0.29) is 0 Å². The van der Waals surface area contributed by atoms with Gasteiger partial charge in [0.25, 0.3) is 0 Å². The van der Waals surface area contributed by atoms with Crippen LogP contribution in [0.15, 0.2) is 6.20 Å². The van der Waals surface area contributed by atoms with E-state index in [1.54, 1.807) is 0 Å². The Morgan fingerprint density at radius 2 is 2.11 bits per heavy atom. The molecule has 0 amide bonds. The van der Waals surface area contributed by atoms with Crippen molar-refractivity contribution in [2.24, 2.45) is 11.8 Å². The molecule has 18 heavy (non-hydrogen) atoms. The molecule has 0 aliphatic heterocycles. The van der Waals surface area contributed by atoms with Gasteiger partial charge in [-0.1, -0.05) is 39.5 Å². The summed E-state index contributed by atoms with van der Waals surface area (Å²) in [5.41, 5.74) is 1.12. The Labute approximate surface area is 111 Å². The van der Waals surface area contributed by atoms with E-state index in [0.717, 1.165) is 30.6 Å². The van der Waals surface area contributed by atoms with Gasteiger partial charge in [-0.25, -0.2) is 4.98 Å². The Bertz CT molecular complexity index is 362. The number of anilines is 1. The van der Waals surface area contributed by atoms with Gasteiger partial charge < -0.3 is 9.88 Å². The largest absolute Gasteiger partial charge is 0.355 e. The van der Waals surface area contributed by atoms with E-state index in [0.29, 0.717) is 5.92 Å². The van der Waals surface area contributed by atoms with Gasteiger partial charge in [0, 0.05) is 19.3 Å². The molecule has 0 radical (unpaired) electrons. The predicted octanol–water partition coefficient (Wildman–Crippen LogP) is 3.84. The molecule has 2 rings (SSSR count). The molecule has 3 nitrogen and oxygen atoms in total. The van der Waals surface area contributed by atoms with E-state index >= 15 is 0 Å². The number of imidazole rings is 1. The van der Waals surface area contributed by atoms with Gasteiger partial charge in [0.2, 0.25) is 5.95 Å². The minimum atomic E-state index is 0.658. The van der Waals surface area contributed by atoms with Crippen LogP contribution in [0.5, 0.6) is 0 Å². The summed E-state index contributed by atoms with van der Waals surface area (Å²) in [4.78, 5) is 4.58. The molecule has 0 aromatic carbocycles. The van der Waals surface area contributed by atoms with Crippen LogP contribution in [0.1, 0.15) is 51.6 Å². The number of aryl methyl sites for hydroxylation is 2. The minimum Gasteiger partial charge on any atom is -0.355 e. The van der Waals surface area contributed by atoms with Crippen LogP contribution in [0.4, 0.5) is 5.95 Å². The number of hydrogen-bond acceptors (Lipinski definition) is 2. The quantitative estimate of drug-likeness (QED) is 0.830. The second-order valence-corrected chi connectivity index (χ2v) is 6.11. The maximum absolute atomic E-state index is 4.58. The van der Waals surface area contributed by atoms with Crippen LogP contribution >= 0.6 is 0 Å². The number of hydrogen-bond donors (Lipinski definition) is 1. The SMILES string of the molecule is Cc1cn(CCC2CCCC2)c(NCC(C)C)n1. The van der Waals surface area contributed by atoms with E-state index in [1.807, 2.05) is 0 Å². The van der Waals surface area contributed by atoms with Gasteiger partial charge in [0.15, 0.2) is 0 Å². The molecule has 0 spiro atoms. The van der Waals surface area contributed by atoms with Crippen LogP contribution in [0.2, 0.25) is 0 Å². The zero-order chi connectivity index (χ0) is 13.0. The average molecular weight is 249 g/mol. The standard InChI is InChI=1S/C15H27N3/c1-12(2)10-16-15-17-13(3)11-18(15)9-8-14-6-4-5-7-14/h11-12,14H,4-10H2,1-3H3,(H,16,17). The smallest absolute Gasteiger partial charge is 0.203 e. The van der Waals surface area contributed by atoms with Crippen molar-refractivity contribution in [2.45, 2.75) is 59.4 Å². The van der Waals surface area contributed by atoms with Gasteiger partial charge in [-0.15, -0.1) is 0 Å². The lowest BCUT2D eigenvalue weighted by Crippen LogP contribution is -2.13. The first-order valence-corrected chi connectivity index (χ1v) is 7.43. The van der Waals surface area contributed by atoms with Crippen LogP contribution in [-0.4, -0.2) is 16.1 Å². The fraction of sp³-hybridized carbons (Fsp3) is 0.800. The molecule has 1 aliphatic carbocycles. The maximum atomic E-state index is 4.58. The van der Waals surface area contributed by atoms with Crippen LogP contribution in [-0.2, 0) is 6.54 Å². The third-order valence-corrected chi connectivity index (χ3v) is 3.82. The zero-order valence-corrected chi connectivity index (χ0v) is 12.1. The number of rotatable bonds is 6. The molecule has 1 aliphatic rings. The first-order chi connectivity index (χ1) is 8.65. The topological polar surface area (TPSA) is 29.9 Å². The predicted molar refractivity (Wildman–Crippen MR) is 76.9 cm³/mol. The summed E-state index contributed by atoms with van der Waals surface area (Å²) in [5, 5.41) is 3.46. The molecular weight excluding hydrogens is 222 g/mol. The lowest BCUT2D eigenvalue weighted by atomic mass is 10.0. The summed E-state index contributed by atoms with van der Waals surface area (Å²) in [6.07, 6.45) is 9.23. The van der Waals surface area contributed by atoms with Gasteiger partial charge >= 0.3 is 0 Å². The summed E-state index contributed by atoms with van der Waals surface area (Å²) in [6, 6.07) is 0. The van der Waals surface area contributed by atoms with Crippen molar-refractivity contribution in [2.75, 3.05) is 11.9 Å². The van der Waals surface area contributed by atoms with Crippen LogP contribution < -0.4 is 5.32 Å². The molecular formula is C15H27N3. The molecule has 1 heterocycles. The Morgan fingerprint density at radius 3 is 2.78 bits per heavy atom. The fourth-order valence-electron chi connectivity index (χ4n) is 2.77. The van der Waals surface area contributed by atoms with Crippen molar-refractivity contribution in [3.8, 4) is 0 Å². The van der Waals surface area contributed by atoms with E-state index < -0.39 is 0 Å². The van der Waals surface area contributed by atoms with E-state index in [2.05, 4.69) is 41.8 Å². The van der Waals surface area contributed by atoms with Crippen molar-refractivity contribution in [1.82, 2.24) is 9.55 Å². The molecule has 0 bridgehead atoms. The summed E-state index contributed by atoms with van der Waals surface area (Å²) >= 11 is 0. The van der Waals surface area contributed by atoms with Crippen molar-refractivity contribution >= 4 is 5.95 Å². The second kappa shape index (κ2) is 6.26. The van der Waals surface area contributed by atoms with Crippen molar-refractivity contribution in [1.29, 1.82) is 0 Å². The Hall–Kier alpha value is -0.990. The summed E-state index contributed by atoms with van der Waals surface area (Å²) < 4.78 is 2.30. The summed E-state index contributed by atoms with van der Waals surface area (Å²) in [5.74, 6) is 2.66. The Balaban J connectivity index is 1.89. The summed E-state index contributed by atoms with van der Waals surface area (Å²) in [7, 11) is 0. The number of nitrogens with one attached hydrogen (secondary N) is 1. The minimum absolute atomic E-state index is 0.658. The molecule has 0 atom stereocenters. The molecule has 1 saturated carbocycles. The molecule has 1 fully saturated rings. The van der Waals surface area contributed by atoms with Gasteiger partial charge in [0.05, 0.1) is 5.69 Å². The van der Waals surface area contributed by atoms with E-state index in [1.165, 1.54) is 32.1 Å². The Morgan fingerprint density at radius 1 is 1.39 bits per heavy atom. The molecule has 0 unspecified atom stereocenters. The van der Waals surface area contributed by atoms with Crippen molar-refractivity contribution in [3.05, 3.63) is 11.9 Å². The third-order valence-electron chi connectivity index (χ3n) is 3.82. The lowest BCUT2D eigenvalue weighted by Gasteiger charge is -2.13. The van der Waals surface area contributed by atoms with Gasteiger partial charge in [-0.2, -0.15) is 0 Å². The normalized spacial score (nSPS) is 16.7. The van der Waals surface area contributed by atoms with Crippen molar-refractivity contribution in [3.63, 3.8) is 0 Å². The molecule has 3 heteroatoms. The molecule has 0 saturated heterocycles. The molecule has 1 aromatic rings. The molecule has 1 N–H and O–H groups in total. The average Bonchev–Trinajstić information content (AvgIpc) is 2.92. The monoisotopic (exact) mass is 249 g/mol. The van der Waals surface area contributed by atoms with Gasteiger partial charge in [-0.3, -0.25) is 0 Å². The first-order valence-electron chi connectivity index (χ1n) is 7.43. The van der Waals surface area contributed by atoms with Crippen LogP contribution in [0.3, 0.4) is 0 Å². The highest BCUT2D eigenvalue weighted by molar-refractivity contribution is 5.28. The molecule has 1 aromatic heterocycles. The highest BCUT2D eigenvalue weighted by Gasteiger charge is 2.15. The van der Waals surface area contributed by atoms with Crippen LogP contribution in [0.25, 0.3) is 0 Å². The van der Waals surface area contributed by atoms with Gasteiger partial charge in [0.1, 0.15) is 0 Å². The highest BCUT2D eigenvalue weighted by Crippen LogP contribution is 2.28. The number of aromatic nitrogens is 2. The van der Waals surface area contributed by atoms with Crippen LogP contribution in [0, 0.1) is 18.8 Å². The van der Waals surface area contributed by atoms with E-state index in [4.69, 9.17) is 0 Å². The Kier molecular flexibility index (Phi) is 4.67. The molecule has 102 valence electrons. The fourth-order valence-corrected chi connectivity index (χ4v) is 2.77. The highest BCUT2D eigenvalue weighted by atomic mass is 15.2. The zero-order valence-electron chi connectivity index (χ0n) is 12.1. The van der Waals surface area contributed by atoms with Crippen molar-refractivity contribution < 1.29 is 0 Å². The number of nitrogens with zero attached hydrogens (tertiary/aromatic N) is 2. The first kappa shape index (κ1) is 13.4. The maximum Gasteiger partial charge on any atom is 0.203 e. The lowest BCUT2D eigenvalue weighted by molar-refractivity contribution is 0.459.